The second kappa shape index (κ2) is 8.22. The van der Waals surface area contributed by atoms with Crippen LogP contribution in [0.5, 0.6) is 0 Å². The van der Waals surface area contributed by atoms with Gasteiger partial charge in [0.05, 0.1) is 5.52 Å². The highest BCUT2D eigenvalue weighted by Gasteiger charge is 2.18. The topological polar surface area (TPSA) is 38.4 Å². The van der Waals surface area contributed by atoms with Gasteiger partial charge in [0.1, 0.15) is 0 Å². The number of aryl methyl sites for hydroxylation is 3. The average Bonchev–Trinajstić information content (AvgIpc) is 2.91. The maximum atomic E-state index is 12.2. The van der Waals surface area contributed by atoms with Gasteiger partial charge in [0.2, 0.25) is 0 Å². The van der Waals surface area contributed by atoms with Gasteiger partial charge in [-0.05, 0) is 75.9 Å². The van der Waals surface area contributed by atoms with Crippen LogP contribution in [-0.2, 0) is 6.54 Å². The summed E-state index contributed by atoms with van der Waals surface area (Å²) in [5.74, 6) is 0.713. The van der Waals surface area contributed by atoms with E-state index in [-0.39, 0.29) is 5.76 Å². The Kier molecular flexibility index (Phi) is 6.00. The third-order valence-corrected chi connectivity index (χ3v) is 5.63. The number of piperidine rings is 1. The quantitative estimate of drug-likeness (QED) is 0.742. The Morgan fingerprint density at radius 1 is 1.12 bits per heavy atom. The molecule has 1 aliphatic heterocycles. The molecule has 0 N–H and O–H groups in total. The Hall–Kier alpha value is -1.55. The zero-order valence-electron chi connectivity index (χ0n) is 16.0. The molecule has 4 heteroatoms. The Balaban J connectivity index is 1.54. The highest BCUT2D eigenvalue weighted by Crippen LogP contribution is 2.23. The summed E-state index contributed by atoms with van der Waals surface area (Å²) in [4.78, 5) is 14.8. The van der Waals surface area contributed by atoms with Crippen LogP contribution in [0, 0.1) is 19.8 Å². The van der Waals surface area contributed by atoms with Crippen LogP contribution in [0.25, 0.3) is 11.1 Å². The van der Waals surface area contributed by atoms with Crippen molar-refractivity contribution in [3.63, 3.8) is 0 Å². The summed E-state index contributed by atoms with van der Waals surface area (Å²) >= 11 is 0. The third kappa shape index (κ3) is 4.35. The first-order chi connectivity index (χ1) is 12.1. The molecule has 1 aliphatic rings. The van der Waals surface area contributed by atoms with Gasteiger partial charge in [-0.2, -0.15) is 0 Å². The van der Waals surface area contributed by atoms with E-state index < -0.39 is 0 Å². The zero-order chi connectivity index (χ0) is 17.8. The number of fused-ring (bicyclic) bond motifs is 1. The van der Waals surface area contributed by atoms with Crippen molar-refractivity contribution in [2.75, 3.05) is 19.6 Å². The minimum absolute atomic E-state index is 0.220. The first-order valence-electron chi connectivity index (χ1n) is 9.91. The Morgan fingerprint density at radius 2 is 1.88 bits per heavy atom. The van der Waals surface area contributed by atoms with E-state index in [9.17, 15) is 4.79 Å². The van der Waals surface area contributed by atoms with Gasteiger partial charge in [-0.1, -0.05) is 32.3 Å². The molecule has 0 spiro atoms. The van der Waals surface area contributed by atoms with Gasteiger partial charge < -0.3 is 9.32 Å². The normalized spacial score (nSPS) is 16.8. The number of oxazole rings is 1. The second-order valence-electron chi connectivity index (χ2n) is 7.73. The molecular formula is C21H32N2O2. The molecule has 1 fully saturated rings. The van der Waals surface area contributed by atoms with E-state index in [4.69, 9.17) is 4.42 Å². The highest BCUT2D eigenvalue weighted by atomic mass is 16.4. The van der Waals surface area contributed by atoms with Crippen LogP contribution in [0.3, 0.4) is 0 Å². The second-order valence-corrected chi connectivity index (χ2v) is 7.73. The summed E-state index contributed by atoms with van der Waals surface area (Å²) in [6, 6.07) is 4.13. The number of rotatable bonds is 7. The molecule has 0 aliphatic carbocycles. The van der Waals surface area contributed by atoms with E-state index >= 15 is 0 Å². The van der Waals surface area contributed by atoms with Crippen LogP contribution in [0.2, 0.25) is 0 Å². The average molecular weight is 344 g/mol. The molecule has 0 bridgehead atoms. The molecule has 1 saturated heterocycles. The number of hydrogen-bond acceptors (Lipinski definition) is 3. The first kappa shape index (κ1) is 18.2. The molecule has 1 aromatic heterocycles. The fourth-order valence-electron chi connectivity index (χ4n) is 4.16. The molecule has 3 rings (SSSR count). The van der Waals surface area contributed by atoms with Crippen molar-refractivity contribution in [3.05, 3.63) is 33.8 Å². The molecule has 25 heavy (non-hydrogen) atoms. The van der Waals surface area contributed by atoms with Crippen LogP contribution in [0.15, 0.2) is 21.3 Å². The Labute approximate surface area is 150 Å². The van der Waals surface area contributed by atoms with Crippen molar-refractivity contribution in [2.24, 2.45) is 5.92 Å². The molecule has 0 unspecified atom stereocenters. The lowest BCUT2D eigenvalue weighted by molar-refractivity contribution is 0.173. The van der Waals surface area contributed by atoms with Crippen LogP contribution in [-0.4, -0.2) is 29.1 Å². The number of aromatic nitrogens is 1. The van der Waals surface area contributed by atoms with Crippen molar-refractivity contribution in [3.8, 4) is 0 Å². The van der Waals surface area contributed by atoms with Crippen LogP contribution in [0.1, 0.15) is 56.6 Å². The van der Waals surface area contributed by atoms with E-state index in [0.717, 1.165) is 42.1 Å². The minimum atomic E-state index is -0.220. The number of nitrogens with zero attached hydrogens (tertiary/aromatic N) is 2. The van der Waals surface area contributed by atoms with E-state index in [0.29, 0.717) is 0 Å². The predicted octanol–water partition coefficient (Wildman–Crippen LogP) is 4.50. The molecule has 138 valence electrons. The summed E-state index contributed by atoms with van der Waals surface area (Å²) in [5, 5.41) is 0. The van der Waals surface area contributed by atoms with Crippen molar-refractivity contribution in [1.29, 1.82) is 0 Å². The lowest BCUT2D eigenvalue weighted by Gasteiger charge is -2.31. The maximum Gasteiger partial charge on any atom is 0.419 e. The summed E-state index contributed by atoms with van der Waals surface area (Å²) in [7, 11) is 0. The smallest absolute Gasteiger partial charge is 0.407 e. The lowest BCUT2D eigenvalue weighted by atomic mass is 9.91. The number of unbranched alkanes of at least 4 members (excludes halogenated alkanes) is 1. The van der Waals surface area contributed by atoms with Crippen molar-refractivity contribution in [1.82, 2.24) is 9.47 Å². The Morgan fingerprint density at radius 3 is 2.60 bits per heavy atom. The van der Waals surface area contributed by atoms with E-state index in [1.165, 1.54) is 50.8 Å². The molecule has 0 saturated carbocycles. The maximum absolute atomic E-state index is 12.2. The van der Waals surface area contributed by atoms with Gasteiger partial charge in [0, 0.05) is 6.54 Å². The third-order valence-electron chi connectivity index (χ3n) is 5.63. The SMILES string of the molecule is CCCCC1CCN(CCCn2c(=O)oc3c(C)cc(C)cc32)CC1. The standard InChI is InChI=1S/C21H32N2O2/c1-4-5-7-18-8-12-22(13-9-18)10-6-11-23-19-15-16(2)14-17(3)20(19)25-21(23)24/h14-15,18H,4-13H2,1-3H3. The molecule has 0 amide bonds. The molecule has 0 atom stereocenters. The van der Waals surface area contributed by atoms with E-state index in [1.807, 2.05) is 11.5 Å². The van der Waals surface area contributed by atoms with Crippen molar-refractivity contribution >= 4 is 11.1 Å². The van der Waals surface area contributed by atoms with Crippen LogP contribution in [0.4, 0.5) is 0 Å². The number of likely N-dealkylation sites (tertiary alicyclic amines) is 1. The van der Waals surface area contributed by atoms with Gasteiger partial charge in [-0.15, -0.1) is 0 Å². The molecule has 0 radical (unpaired) electrons. The molecular weight excluding hydrogens is 312 g/mol. The van der Waals surface area contributed by atoms with Crippen molar-refractivity contribution in [2.45, 2.75) is 65.8 Å². The molecule has 2 heterocycles. The first-order valence-corrected chi connectivity index (χ1v) is 9.91. The highest BCUT2D eigenvalue weighted by molar-refractivity contribution is 5.77. The van der Waals surface area contributed by atoms with E-state index in [1.54, 1.807) is 0 Å². The zero-order valence-corrected chi connectivity index (χ0v) is 16.0. The van der Waals surface area contributed by atoms with Gasteiger partial charge in [-0.3, -0.25) is 4.57 Å². The number of benzene rings is 1. The Bertz CT molecular complexity index is 751. The van der Waals surface area contributed by atoms with Crippen molar-refractivity contribution < 1.29 is 4.42 Å². The lowest BCUT2D eigenvalue weighted by Crippen LogP contribution is -2.35. The van der Waals surface area contributed by atoms with Gasteiger partial charge in [0.15, 0.2) is 5.58 Å². The van der Waals surface area contributed by atoms with E-state index in [2.05, 4.69) is 30.9 Å². The van der Waals surface area contributed by atoms with Gasteiger partial charge in [-0.25, -0.2) is 4.79 Å². The molecule has 1 aromatic carbocycles. The molecule has 4 nitrogen and oxygen atoms in total. The van der Waals surface area contributed by atoms with Crippen LogP contribution >= 0.6 is 0 Å². The van der Waals surface area contributed by atoms with Gasteiger partial charge in [0.25, 0.3) is 0 Å². The summed E-state index contributed by atoms with van der Waals surface area (Å²) < 4.78 is 7.28. The monoisotopic (exact) mass is 344 g/mol. The predicted molar refractivity (Wildman–Crippen MR) is 103 cm³/mol. The van der Waals surface area contributed by atoms with Gasteiger partial charge >= 0.3 is 5.76 Å². The minimum Gasteiger partial charge on any atom is -0.407 e. The van der Waals surface area contributed by atoms with Crippen LogP contribution < -0.4 is 5.76 Å². The summed E-state index contributed by atoms with van der Waals surface area (Å²) in [6.07, 6.45) is 7.77. The summed E-state index contributed by atoms with van der Waals surface area (Å²) in [6.45, 7) is 10.6. The summed E-state index contributed by atoms with van der Waals surface area (Å²) in [5.41, 5.74) is 3.90. The fourth-order valence-corrected chi connectivity index (χ4v) is 4.16. The largest absolute Gasteiger partial charge is 0.419 e. The molecule has 2 aromatic rings. The number of hydrogen-bond donors (Lipinski definition) is 0. The fraction of sp³-hybridized carbons (Fsp3) is 0.667.